The zero-order chi connectivity index (χ0) is 16.9. The van der Waals surface area contributed by atoms with Crippen molar-refractivity contribution in [2.75, 3.05) is 5.32 Å². The van der Waals surface area contributed by atoms with Crippen molar-refractivity contribution in [3.63, 3.8) is 0 Å². The van der Waals surface area contributed by atoms with E-state index in [0.29, 0.717) is 16.3 Å². The number of benzene rings is 1. The number of nitrogens with one attached hydrogen (secondary N) is 2. The number of azo groups is 1. The second kappa shape index (κ2) is 6.85. The molecule has 3 rings (SSSR count). The summed E-state index contributed by atoms with van der Waals surface area (Å²) in [7, 11) is 0. The first kappa shape index (κ1) is 15.6. The summed E-state index contributed by atoms with van der Waals surface area (Å²) in [6.45, 7) is 0. The number of carbonyl (C=O) groups excluding carboxylic acids is 2. The maximum absolute atomic E-state index is 12.0. The maximum atomic E-state index is 12.0. The van der Waals surface area contributed by atoms with E-state index >= 15 is 0 Å². The number of hydrogen-bond donors (Lipinski definition) is 3. The topological polar surface area (TPSA) is 148 Å². The quantitative estimate of drug-likeness (QED) is 0.287. The lowest BCUT2D eigenvalue weighted by atomic mass is 10.3. The molecule has 0 saturated carbocycles. The van der Waals surface area contributed by atoms with Crippen LogP contribution >= 0.6 is 11.3 Å². The number of rotatable bonds is 3. The molecular weight excluding hydrogens is 332 g/mol. The van der Waals surface area contributed by atoms with Crippen LogP contribution < -0.4 is 16.6 Å². The summed E-state index contributed by atoms with van der Waals surface area (Å²) >= 11 is 1.26. The molecule has 4 N–H and O–H groups in total. The Bertz CT molecular complexity index is 924. The summed E-state index contributed by atoms with van der Waals surface area (Å²) in [5, 5.41) is 10.2. The highest BCUT2D eigenvalue weighted by molar-refractivity contribution is 7.22. The van der Waals surface area contributed by atoms with Crippen LogP contribution in [-0.2, 0) is 0 Å². The number of aromatic nitrogens is 3. The second-order valence-electron chi connectivity index (χ2n) is 4.37. The fourth-order valence-corrected chi connectivity index (χ4v) is 2.63. The van der Waals surface area contributed by atoms with Gasteiger partial charge in [0.15, 0.2) is 5.13 Å². The number of nitrogens with two attached hydrogens (primary N) is 1. The van der Waals surface area contributed by atoms with Crippen LogP contribution in [0.4, 0.5) is 15.6 Å². The van der Waals surface area contributed by atoms with Crippen molar-refractivity contribution in [3.05, 3.63) is 42.5 Å². The monoisotopic (exact) mass is 342 g/mol. The summed E-state index contributed by atoms with van der Waals surface area (Å²) in [6, 6.07) is 4.29. The second-order valence-corrected chi connectivity index (χ2v) is 5.40. The number of carbonyl (C=O) groups is 2. The Labute approximate surface area is 138 Å². The van der Waals surface area contributed by atoms with Crippen LogP contribution in [0.1, 0.15) is 10.5 Å². The van der Waals surface area contributed by atoms with Crippen molar-refractivity contribution >= 4 is 44.3 Å². The van der Waals surface area contributed by atoms with Gasteiger partial charge >= 0.3 is 6.03 Å². The lowest BCUT2D eigenvalue weighted by molar-refractivity contribution is 0.102. The molecule has 2 aromatic heterocycles. The number of urea groups is 1. The van der Waals surface area contributed by atoms with Gasteiger partial charge in [-0.1, -0.05) is 16.5 Å². The zero-order valence-electron chi connectivity index (χ0n) is 12.0. The molecule has 0 aliphatic heterocycles. The first-order valence-corrected chi connectivity index (χ1v) is 7.37. The molecule has 10 nitrogen and oxygen atoms in total. The largest absolute Gasteiger partial charge is 0.373 e. The summed E-state index contributed by atoms with van der Waals surface area (Å²) in [5.41, 5.74) is 3.18. The minimum Gasteiger partial charge on any atom is -0.296 e. The van der Waals surface area contributed by atoms with Gasteiger partial charge in [0.05, 0.1) is 22.1 Å². The van der Waals surface area contributed by atoms with Gasteiger partial charge in [0, 0.05) is 12.4 Å². The minimum atomic E-state index is -0.753. The van der Waals surface area contributed by atoms with Gasteiger partial charge in [-0.05, 0) is 18.2 Å². The van der Waals surface area contributed by atoms with Crippen LogP contribution in [0.5, 0.6) is 0 Å². The van der Waals surface area contributed by atoms with Gasteiger partial charge in [0.2, 0.25) is 0 Å². The number of hydrazine groups is 1. The predicted molar refractivity (Wildman–Crippen MR) is 86.8 cm³/mol. The highest BCUT2D eigenvalue weighted by atomic mass is 32.1. The highest BCUT2D eigenvalue weighted by Gasteiger charge is 2.11. The molecule has 1 aromatic carbocycles. The molecule has 24 heavy (non-hydrogen) atoms. The van der Waals surface area contributed by atoms with Gasteiger partial charge in [-0.2, -0.15) is 0 Å². The van der Waals surface area contributed by atoms with Gasteiger partial charge in [-0.25, -0.2) is 20.6 Å². The van der Waals surface area contributed by atoms with E-state index in [-0.39, 0.29) is 5.69 Å². The molecule has 0 unspecified atom stereocenters. The third-order valence-electron chi connectivity index (χ3n) is 2.77. The number of hydrogen-bond acceptors (Lipinski definition) is 8. The molecule has 0 radical (unpaired) electrons. The van der Waals surface area contributed by atoms with Crippen LogP contribution in [-0.4, -0.2) is 26.9 Å². The molecule has 3 aromatic rings. The van der Waals surface area contributed by atoms with E-state index in [0.717, 1.165) is 4.70 Å². The third-order valence-corrected chi connectivity index (χ3v) is 3.70. The van der Waals surface area contributed by atoms with E-state index in [1.807, 2.05) is 5.43 Å². The summed E-state index contributed by atoms with van der Waals surface area (Å²) in [5.74, 6) is 4.51. The van der Waals surface area contributed by atoms with Crippen molar-refractivity contribution in [1.82, 2.24) is 20.4 Å². The molecule has 0 fully saturated rings. The Balaban J connectivity index is 1.80. The molecule has 3 amide bonds. The van der Waals surface area contributed by atoms with E-state index in [1.165, 1.54) is 29.9 Å². The van der Waals surface area contributed by atoms with Gasteiger partial charge in [-0.15, -0.1) is 5.11 Å². The Morgan fingerprint density at radius 2 is 2.12 bits per heavy atom. The van der Waals surface area contributed by atoms with Gasteiger partial charge in [0.25, 0.3) is 5.91 Å². The van der Waals surface area contributed by atoms with Gasteiger partial charge in [0.1, 0.15) is 5.69 Å². The standard InChI is InChI=1S/C13H10N8O2S/c14-19-12(23)21-20-7-1-2-8-10(5-7)24-13(17-8)18-11(22)9-6-15-3-4-16-9/h1-6H,14H2,(H,19,23)(H,17,18,22). The van der Waals surface area contributed by atoms with Crippen LogP contribution in [0, 0.1) is 0 Å². The number of fused-ring (bicyclic) bond motifs is 1. The van der Waals surface area contributed by atoms with Crippen LogP contribution in [0.2, 0.25) is 0 Å². The number of nitrogens with zero attached hydrogens (tertiary/aromatic N) is 5. The molecule has 0 atom stereocenters. The van der Waals surface area contributed by atoms with Crippen molar-refractivity contribution < 1.29 is 9.59 Å². The SMILES string of the molecule is NNC(=O)N=Nc1ccc2nc(NC(=O)c3cnccn3)sc2c1. The summed E-state index contributed by atoms with van der Waals surface area (Å²) in [4.78, 5) is 35.0. The van der Waals surface area contributed by atoms with E-state index in [2.05, 4.69) is 30.5 Å². The average Bonchev–Trinajstić information content (AvgIpc) is 3.01. The Morgan fingerprint density at radius 3 is 2.88 bits per heavy atom. The van der Waals surface area contributed by atoms with E-state index in [9.17, 15) is 9.59 Å². The fourth-order valence-electron chi connectivity index (χ4n) is 1.74. The molecule has 2 heterocycles. The zero-order valence-corrected chi connectivity index (χ0v) is 12.8. The number of thiazole rings is 1. The average molecular weight is 342 g/mol. The van der Waals surface area contributed by atoms with E-state index < -0.39 is 11.9 Å². The molecule has 0 aliphatic rings. The normalized spacial score (nSPS) is 10.9. The van der Waals surface area contributed by atoms with E-state index in [4.69, 9.17) is 5.84 Å². The molecule has 0 bridgehead atoms. The number of anilines is 1. The summed E-state index contributed by atoms with van der Waals surface area (Å²) in [6.07, 6.45) is 4.28. The Morgan fingerprint density at radius 1 is 1.25 bits per heavy atom. The minimum absolute atomic E-state index is 0.194. The molecular formula is C13H10N8O2S. The predicted octanol–water partition coefficient (Wildman–Crippen LogP) is 2.01. The Kier molecular flexibility index (Phi) is 4.45. The third kappa shape index (κ3) is 3.53. The molecule has 120 valence electrons. The van der Waals surface area contributed by atoms with Crippen molar-refractivity contribution in [3.8, 4) is 0 Å². The van der Waals surface area contributed by atoms with Crippen molar-refractivity contribution in [2.45, 2.75) is 0 Å². The lowest BCUT2D eigenvalue weighted by Crippen LogP contribution is -2.26. The van der Waals surface area contributed by atoms with E-state index in [1.54, 1.807) is 18.2 Å². The lowest BCUT2D eigenvalue weighted by Gasteiger charge is -1.98. The van der Waals surface area contributed by atoms with Crippen LogP contribution in [0.3, 0.4) is 0 Å². The molecule has 0 spiro atoms. The van der Waals surface area contributed by atoms with Gasteiger partial charge < -0.3 is 0 Å². The molecule has 0 aliphatic carbocycles. The van der Waals surface area contributed by atoms with Crippen LogP contribution in [0.15, 0.2) is 47.0 Å². The maximum Gasteiger partial charge on any atom is 0.373 e. The highest BCUT2D eigenvalue weighted by Crippen LogP contribution is 2.29. The van der Waals surface area contributed by atoms with Gasteiger partial charge in [-0.3, -0.25) is 20.5 Å². The molecule has 11 heteroatoms. The number of amides is 3. The van der Waals surface area contributed by atoms with Crippen LogP contribution in [0.25, 0.3) is 10.2 Å². The first-order valence-electron chi connectivity index (χ1n) is 6.56. The van der Waals surface area contributed by atoms with Crippen molar-refractivity contribution in [2.24, 2.45) is 16.1 Å². The van der Waals surface area contributed by atoms with Crippen molar-refractivity contribution in [1.29, 1.82) is 0 Å². The Hall–Kier alpha value is -3.31. The molecule has 0 saturated heterocycles. The fraction of sp³-hybridized carbons (Fsp3) is 0. The smallest absolute Gasteiger partial charge is 0.296 e. The summed E-state index contributed by atoms with van der Waals surface area (Å²) < 4.78 is 0.772. The first-order chi connectivity index (χ1) is 11.7.